The SMILES string of the molecule is O=C(c1ccc(Cl)s1)N1CCC[C@@]2(C1)Nc1cccnc1NC2=NC1CCCC1. The summed E-state index contributed by atoms with van der Waals surface area (Å²) < 4.78 is 0.640. The van der Waals surface area contributed by atoms with Crippen molar-refractivity contribution in [3.05, 3.63) is 39.7 Å². The third-order valence-electron chi connectivity index (χ3n) is 6.07. The zero-order chi connectivity index (χ0) is 19.8. The molecule has 1 spiro atoms. The van der Waals surface area contributed by atoms with E-state index >= 15 is 0 Å². The number of carbonyl (C=O) groups excluding carboxylic acids is 1. The first-order chi connectivity index (χ1) is 14.1. The van der Waals surface area contributed by atoms with Crippen LogP contribution in [0.25, 0.3) is 0 Å². The number of halogens is 1. The fourth-order valence-corrected chi connectivity index (χ4v) is 5.65. The van der Waals surface area contributed by atoms with Gasteiger partial charge in [-0.1, -0.05) is 24.4 Å². The molecule has 1 atom stereocenters. The number of hydrogen-bond acceptors (Lipinski definition) is 5. The molecule has 4 heterocycles. The molecule has 5 rings (SSSR count). The summed E-state index contributed by atoms with van der Waals surface area (Å²) in [7, 11) is 0. The highest BCUT2D eigenvalue weighted by atomic mass is 35.5. The number of piperidine rings is 1. The second-order valence-electron chi connectivity index (χ2n) is 8.08. The monoisotopic (exact) mass is 429 g/mol. The molecule has 8 heteroatoms. The van der Waals surface area contributed by atoms with Crippen LogP contribution in [0, 0.1) is 0 Å². The Labute approximate surface area is 179 Å². The molecule has 2 N–H and O–H groups in total. The third-order valence-corrected chi connectivity index (χ3v) is 7.29. The Hall–Kier alpha value is -2.12. The van der Waals surface area contributed by atoms with Gasteiger partial charge in [0.1, 0.15) is 11.4 Å². The van der Waals surface area contributed by atoms with Gasteiger partial charge in [-0.2, -0.15) is 0 Å². The maximum Gasteiger partial charge on any atom is 0.264 e. The predicted octanol–water partition coefficient (Wildman–Crippen LogP) is 4.65. The molecule has 1 saturated heterocycles. The van der Waals surface area contributed by atoms with Crippen LogP contribution >= 0.6 is 22.9 Å². The Balaban J connectivity index is 1.48. The maximum absolute atomic E-state index is 13.1. The quantitative estimate of drug-likeness (QED) is 0.729. The second kappa shape index (κ2) is 7.61. The molecule has 6 nitrogen and oxygen atoms in total. The first kappa shape index (κ1) is 18.9. The van der Waals surface area contributed by atoms with Crippen molar-refractivity contribution in [3.63, 3.8) is 0 Å². The number of aromatic nitrogens is 1. The molecular formula is C21H24ClN5OS. The van der Waals surface area contributed by atoms with Crippen molar-refractivity contribution in [1.82, 2.24) is 9.88 Å². The number of thiophene rings is 1. The van der Waals surface area contributed by atoms with Gasteiger partial charge in [0.05, 0.1) is 27.5 Å². The lowest BCUT2D eigenvalue weighted by Gasteiger charge is -2.47. The van der Waals surface area contributed by atoms with Crippen LogP contribution in [0.1, 0.15) is 48.2 Å². The molecule has 0 radical (unpaired) electrons. The number of aliphatic imine (C=N–C) groups is 1. The molecule has 0 unspecified atom stereocenters. The minimum atomic E-state index is -0.409. The number of anilines is 2. The Morgan fingerprint density at radius 1 is 1.28 bits per heavy atom. The number of nitrogens with zero attached hydrogens (tertiary/aromatic N) is 3. The van der Waals surface area contributed by atoms with Gasteiger partial charge in [-0.25, -0.2) is 4.98 Å². The van der Waals surface area contributed by atoms with Crippen LogP contribution in [0.4, 0.5) is 11.5 Å². The molecule has 0 aromatic carbocycles. The van der Waals surface area contributed by atoms with E-state index in [1.165, 1.54) is 24.2 Å². The lowest BCUT2D eigenvalue weighted by Crippen LogP contribution is -2.62. The summed E-state index contributed by atoms with van der Waals surface area (Å²) in [6, 6.07) is 7.91. The standard InChI is InChI=1S/C21H24ClN5OS/c22-17-9-8-16(29-17)19(28)27-12-4-10-21(13-27)20(24-14-5-1-2-6-14)25-18-15(26-21)7-3-11-23-18/h3,7-9,11,14,26H,1-2,4-6,10,12-13H2,(H,23,24,25)/t21-/m0/s1. The number of pyridine rings is 1. The summed E-state index contributed by atoms with van der Waals surface area (Å²) in [5, 5.41) is 7.21. The zero-order valence-corrected chi connectivity index (χ0v) is 17.7. The number of nitrogens with one attached hydrogen (secondary N) is 2. The third kappa shape index (κ3) is 3.62. The number of rotatable bonds is 2. The highest BCUT2D eigenvalue weighted by Gasteiger charge is 2.45. The number of likely N-dealkylation sites (tertiary alicyclic amines) is 1. The molecular weight excluding hydrogens is 406 g/mol. The summed E-state index contributed by atoms with van der Waals surface area (Å²) >= 11 is 7.40. The van der Waals surface area contributed by atoms with E-state index in [9.17, 15) is 4.79 Å². The van der Waals surface area contributed by atoms with Gasteiger partial charge in [0.2, 0.25) is 0 Å². The summed E-state index contributed by atoms with van der Waals surface area (Å²) in [6.45, 7) is 1.32. The van der Waals surface area contributed by atoms with Crippen LogP contribution in [0.2, 0.25) is 4.34 Å². The van der Waals surface area contributed by atoms with Crippen molar-refractivity contribution in [2.75, 3.05) is 23.7 Å². The first-order valence-corrected chi connectivity index (χ1v) is 11.5. The molecule has 1 saturated carbocycles. The van der Waals surface area contributed by atoms with Crippen LogP contribution in [0.5, 0.6) is 0 Å². The van der Waals surface area contributed by atoms with Gasteiger partial charge in [-0.05, 0) is 49.9 Å². The van der Waals surface area contributed by atoms with E-state index in [4.69, 9.17) is 16.6 Å². The van der Waals surface area contributed by atoms with Crippen molar-refractivity contribution in [2.45, 2.75) is 50.1 Å². The first-order valence-electron chi connectivity index (χ1n) is 10.3. The molecule has 2 fully saturated rings. The number of amidine groups is 1. The summed E-state index contributed by atoms with van der Waals surface area (Å²) in [5.41, 5.74) is 0.555. The van der Waals surface area contributed by atoms with Gasteiger partial charge in [-0.3, -0.25) is 9.79 Å². The summed E-state index contributed by atoms with van der Waals surface area (Å²) in [5.74, 6) is 1.78. The van der Waals surface area contributed by atoms with E-state index in [-0.39, 0.29) is 5.91 Å². The van der Waals surface area contributed by atoms with Crippen LogP contribution < -0.4 is 10.6 Å². The topological polar surface area (TPSA) is 69.6 Å². The largest absolute Gasteiger partial charge is 0.368 e. The van der Waals surface area contributed by atoms with E-state index in [0.29, 0.717) is 21.8 Å². The molecule has 1 amide bonds. The molecule has 2 aliphatic heterocycles. The normalized spacial score (nSPS) is 25.7. The number of fused-ring (bicyclic) bond motifs is 1. The molecule has 3 aliphatic rings. The molecule has 2 aromatic rings. The lowest BCUT2D eigenvalue weighted by molar-refractivity contribution is 0.0699. The Morgan fingerprint density at radius 3 is 2.93 bits per heavy atom. The Kier molecular flexibility index (Phi) is 4.95. The zero-order valence-electron chi connectivity index (χ0n) is 16.2. The molecule has 29 heavy (non-hydrogen) atoms. The van der Waals surface area contributed by atoms with Crippen LogP contribution in [0.3, 0.4) is 0 Å². The predicted molar refractivity (Wildman–Crippen MR) is 118 cm³/mol. The highest BCUT2D eigenvalue weighted by Crippen LogP contribution is 2.37. The van der Waals surface area contributed by atoms with E-state index in [2.05, 4.69) is 15.6 Å². The lowest BCUT2D eigenvalue weighted by atomic mass is 9.85. The van der Waals surface area contributed by atoms with Gasteiger partial charge in [0, 0.05) is 12.7 Å². The van der Waals surface area contributed by atoms with Crippen molar-refractivity contribution in [2.24, 2.45) is 4.99 Å². The van der Waals surface area contributed by atoms with Crippen LogP contribution in [-0.2, 0) is 0 Å². The van der Waals surface area contributed by atoms with Crippen LogP contribution in [-0.4, -0.2) is 46.3 Å². The van der Waals surface area contributed by atoms with Crippen molar-refractivity contribution in [3.8, 4) is 0 Å². The summed E-state index contributed by atoms with van der Waals surface area (Å²) in [4.78, 5) is 25.3. The fourth-order valence-electron chi connectivity index (χ4n) is 4.64. The average Bonchev–Trinajstić information content (AvgIpc) is 3.40. The van der Waals surface area contributed by atoms with Crippen molar-refractivity contribution < 1.29 is 4.79 Å². The maximum atomic E-state index is 13.1. The molecule has 1 aliphatic carbocycles. The number of carbonyl (C=O) groups is 1. The van der Waals surface area contributed by atoms with Crippen molar-refractivity contribution in [1.29, 1.82) is 0 Å². The van der Waals surface area contributed by atoms with E-state index < -0.39 is 5.54 Å². The molecule has 0 bridgehead atoms. The van der Waals surface area contributed by atoms with Gasteiger partial charge in [0.15, 0.2) is 5.82 Å². The molecule has 2 aromatic heterocycles. The van der Waals surface area contributed by atoms with Crippen LogP contribution in [0.15, 0.2) is 35.5 Å². The van der Waals surface area contributed by atoms with Gasteiger partial charge < -0.3 is 15.5 Å². The van der Waals surface area contributed by atoms with E-state index in [1.807, 2.05) is 23.1 Å². The van der Waals surface area contributed by atoms with E-state index in [0.717, 1.165) is 49.6 Å². The summed E-state index contributed by atoms with van der Waals surface area (Å²) in [6.07, 6.45) is 8.36. The van der Waals surface area contributed by atoms with Crippen molar-refractivity contribution >= 4 is 46.2 Å². The smallest absolute Gasteiger partial charge is 0.264 e. The van der Waals surface area contributed by atoms with Gasteiger partial charge in [-0.15, -0.1) is 11.3 Å². The number of hydrogen-bond donors (Lipinski definition) is 2. The second-order valence-corrected chi connectivity index (χ2v) is 9.80. The average molecular weight is 430 g/mol. The molecule has 152 valence electrons. The Morgan fingerprint density at radius 2 is 2.14 bits per heavy atom. The fraction of sp³-hybridized carbons (Fsp3) is 0.476. The minimum Gasteiger partial charge on any atom is -0.368 e. The number of amides is 1. The van der Waals surface area contributed by atoms with Gasteiger partial charge >= 0.3 is 0 Å². The Bertz CT molecular complexity index is 954. The van der Waals surface area contributed by atoms with E-state index in [1.54, 1.807) is 12.3 Å². The van der Waals surface area contributed by atoms with Gasteiger partial charge in [0.25, 0.3) is 5.91 Å². The minimum absolute atomic E-state index is 0.0416. The highest BCUT2D eigenvalue weighted by molar-refractivity contribution is 7.17.